The third kappa shape index (κ3) is 1.62. The average molecular weight is 206 g/mol. The van der Waals surface area contributed by atoms with Gasteiger partial charge in [0.25, 0.3) is 0 Å². The number of carbonyl (C=O) groups is 2. The zero-order chi connectivity index (χ0) is 9.59. The van der Waals surface area contributed by atoms with Gasteiger partial charge in [0.05, 0.1) is 11.8 Å². The molecule has 72 valence electrons. The van der Waals surface area contributed by atoms with Crippen molar-refractivity contribution in [3.8, 4) is 0 Å². The van der Waals surface area contributed by atoms with Crippen LogP contribution in [0.5, 0.6) is 0 Å². The molecule has 1 saturated carbocycles. The van der Waals surface area contributed by atoms with E-state index in [-0.39, 0.29) is 41.4 Å². The number of aliphatic carboxylic acids is 2. The molecule has 0 aromatic rings. The molecule has 5 heteroatoms. The van der Waals surface area contributed by atoms with Crippen LogP contribution in [0.25, 0.3) is 0 Å². The van der Waals surface area contributed by atoms with Crippen LogP contribution in [-0.4, -0.2) is 51.7 Å². The van der Waals surface area contributed by atoms with E-state index in [0.29, 0.717) is 6.42 Å². The first-order valence-corrected chi connectivity index (χ1v) is 4.25. The van der Waals surface area contributed by atoms with E-state index in [1.54, 1.807) is 0 Å². The molecule has 14 heavy (non-hydrogen) atoms. The maximum absolute atomic E-state index is 10.8. The van der Waals surface area contributed by atoms with Gasteiger partial charge < -0.3 is 10.2 Å². The van der Waals surface area contributed by atoms with Crippen LogP contribution in [0.3, 0.4) is 0 Å². The third-order valence-electron chi connectivity index (χ3n) is 3.03. The molecule has 0 aromatic heterocycles. The van der Waals surface area contributed by atoms with Gasteiger partial charge in [-0.2, -0.15) is 0 Å². The molecule has 2 rings (SSSR count). The average Bonchev–Trinajstić information content (AvgIpc) is 2.60. The summed E-state index contributed by atoms with van der Waals surface area (Å²) >= 11 is 0. The van der Waals surface area contributed by atoms with Crippen molar-refractivity contribution in [2.45, 2.75) is 6.42 Å². The molecule has 4 unspecified atom stereocenters. The Balaban J connectivity index is 0.000000980. The molecule has 0 saturated heterocycles. The van der Waals surface area contributed by atoms with Crippen molar-refractivity contribution in [1.82, 2.24) is 0 Å². The quantitative estimate of drug-likeness (QED) is 0.490. The van der Waals surface area contributed by atoms with E-state index in [2.05, 4.69) is 0 Å². The molecule has 2 aliphatic carbocycles. The minimum absolute atomic E-state index is 0. The standard InChI is InChI=1S/C9H10O4.Na.H/c10-8(11)6-4-1-2-5(3-4)7(6)9(12)13;;/h1-2,4-7H,3H2,(H,10,11)(H,12,13);;. The minimum atomic E-state index is -0.982. The second-order valence-corrected chi connectivity index (χ2v) is 3.68. The van der Waals surface area contributed by atoms with Crippen molar-refractivity contribution in [3.63, 3.8) is 0 Å². The second-order valence-electron chi connectivity index (χ2n) is 3.68. The van der Waals surface area contributed by atoms with Crippen molar-refractivity contribution in [1.29, 1.82) is 0 Å². The van der Waals surface area contributed by atoms with Gasteiger partial charge in [-0.05, 0) is 18.3 Å². The predicted octanol–water partition coefficient (Wildman–Crippen LogP) is -0.0546. The van der Waals surface area contributed by atoms with Gasteiger partial charge in [0.2, 0.25) is 0 Å². The zero-order valence-electron chi connectivity index (χ0n) is 6.88. The van der Waals surface area contributed by atoms with Gasteiger partial charge in [0.15, 0.2) is 0 Å². The summed E-state index contributed by atoms with van der Waals surface area (Å²) in [6.07, 6.45) is 4.36. The third-order valence-corrected chi connectivity index (χ3v) is 3.03. The number of rotatable bonds is 2. The molecule has 1 fully saturated rings. The van der Waals surface area contributed by atoms with E-state index in [1.807, 2.05) is 12.2 Å². The zero-order valence-corrected chi connectivity index (χ0v) is 6.88. The van der Waals surface area contributed by atoms with Gasteiger partial charge in [0, 0.05) is 0 Å². The van der Waals surface area contributed by atoms with Crippen LogP contribution >= 0.6 is 0 Å². The van der Waals surface area contributed by atoms with Crippen LogP contribution in [0.2, 0.25) is 0 Å². The van der Waals surface area contributed by atoms with E-state index in [1.165, 1.54) is 0 Å². The number of fused-ring (bicyclic) bond motifs is 2. The molecular formula is C9H11NaO4. The Labute approximate surface area is 103 Å². The molecule has 0 spiro atoms. The summed E-state index contributed by atoms with van der Waals surface area (Å²) in [6, 6.07) is 0. The summed E-state index contributed by atoms with van der Waals surface area (Å²) in [5.74, 6) is -3.53. The van der Waals surface area contributed by atoms with Crippen molar-refractivity contribution in [3.05, 3.63) is 12.2 Å². The molecule has 0 radical (unpaired) electrons. The Morgan fingerprint density at radius 1 is 1.00 bits per heavy atom. The summed E-state index contributed by atoms with van der Waals surface area (Å²) < 4.78 is 0. The Morgan fingerprint density at radius 3 is 1.64 bits per heavy atom. The first-order valence-electron chi connectivity index (χ1n) is 4.25. The van der Waals surface area contributed by atoms with Crippen molar-refractivity contribution < 1.29 is 19.8 Å². The topological polar surface area (TPSA) is 74.6 Å². The molecular weight excluding hydrogens is 195 g/mol. The number of carboxylic acid groups (broad SMARTS) is 2. The van der Waals surface area contributed by atoms with Crippen LogP contribution in [0.4, 0.5) is 0 Å². The molecule has 4 nitrogen and oxygen atoms in total. The number of hydrogen-bond acceptors (Lipinski definition) is 2. The van der Waals surface area contributed by atoms with Crippen molar-refractivity contribution in [2.24, 2.45) is 23.7 Å². The number of allylic oxidation sites excluding steroid dienone is 2. The van der Waals surface area contributed by atoms with E-state index in [0.717, 1.165) is 0 Å². The van der Waals surface area contributed by atoms with Gasteiger partial charge in [-0.25, -0.2) is 0 Å². The first kappa shape index (κ1) is 11.8. The van der Waals surface area contributed by atoms with Crippen LogP contribution in [0, 0.1) is 23.7 Å². The molecule has 2 aliphatic rings. The van der Waals surface area contributed by atoms with Crippen LogP contribution in [0.1, 0.15) is 6.42 Å². The number of hydrogen-bond donors (Lipinski definition) is 2. The molecule has 2 N–H and O–H groups in total. The molecule has 2 bridgehead atoms. The molecule has 0 heterocycles. The van der Waals surface area contributed by atoms with E-state index < -0.39 is 23.8 Å². The van der Waals surface area contributed by atoms with Gasteiger partial charge in [-0.1, -0.05) is 12.2 Å². The summed E-state index contributed by atoms with van der Waals surface area (Å²) in [7, 11) is 0. The normalized spacial score (nSPS) is 38.0. The van der Waals surface area contributed by atoms with Gasteiger partial charge in [0.1, 0.15) is 0 Å². The summed E-state index contributed by atoms with van der Waals surface area (Å²) in [5, 5.41) is 17.7. The summed E-state index contributed by atoms with van der Waals surface area (Å²) in [6.45, 7) is 0. The van der Waals surface area contributed by atoms with Crippen molar-refractivity contribution in [2.75, 3.05) is 0 Å². The Morgan fingerprint density at radius 2 is 1.36 bits per heavy atom. The van der Waals surface area contributed by atoms with E-state index in [4.69, 9.17) is 10.2 Å². The fourth-order valence-corrected chi connectivity index (χ4v) is 2.50. The Kier molecular flexibility index (Phi) is 3.40. The Hall–Kier alpha value is -0.320. The van der Waals surface area contributed by atoms with Gasteiger partial charge in [-0.3, -0.25) is 9.59 Å². The fraction of sp³-hybridized carbons (Fsp3) is 0.556. The van der Waals surface area contributed by atoms with Crippen LogP contribution in [0.15, 0.2) is 12.2 Å². The Bertz CT molecular complexity index is 271. The van der Waals surface area contributed by atoms with Crippen LogP contribution in [-0.2, 0) is 9.59 Å². The van der Waals surface area contributed by atoms with E-state index >= 15 is 0 Å². The van der Waals surface area contributed by atoms with Gasteiger partial charge in [-0.15, -0.1) is 0 Å². The SMILES string of the molecule is O=C(O)C1C2C=CC(C2)C1C(=O)O.[NaH]. The van der Waals surface area contributed by atoms with Crippen molar-refractivity contribution >= 4 is 41.5 Å². The van der Waals surface area contributed by atoms with Crippen LogP contribution < -0.4 is 0 Å². The molecule has 4 atom stereocenters. The maximum atomic E-state index is 10.8. The summed E-state index contributed by atoms with van der Waals surface area (Å²) in [5.41, 5.74) is 0. The van der Waals surface area contributed by atoms with E-state index in [9.17, 15) is 9.59 Å². The molecule has 0 aliphatic heterocycles. The number of carboxylic acids is 2. The molecule has 0 aromatic carbocycles. The molecule has 0 amide bonds. The van der Waals surface area contributed by atoms with Gasteiger partial charge >= 0.3 is 41.5 Å². The predicted molar refractivity (Wildman–Crippen MR) is 50.1 cm³/mol. The summed E-state index contributed by atoms with van der Waals surface area (Å²) in [4.78, 5) is 21.6. The first-order chi connectivity index (χ1) is 6.11. The fourth-order valence-electron chi connectivity index (χ4n) is 2.50. The second kappa shape index (κ2) is 4.04. The monoisotopic (exact) mass is 206 g/mol.